The van der Waals surface area contributed by atoms with Crippen molar-refractivity contribution in [1.82, 2.24) is 5.32 Å². The van der Waals surface area contributed by atoms with E-state index in [4.69, 9.17) is 0 Å². The SMILES string of the molecule is CNC1CCc2c(F)cc(F)cc21. The van der Waals surface area contributed by atoms with E-state index in [-0.39, 0.29) is 6.04 Å². The first-order valence-electron chi connectivity index (χ1n) is 4.37. The van der Waals surface area contributed by atoms with Crippen LogP contribution in [0.25, 0.3) is 0 Å². The van der Waals surface area contributed by atoms with Crippen molar-refractivity contribution in [3.8, 4) is 0 Å². The van der Waals surface area contributed by atoms with Crippen LogP contribution in [-0.4, -0.2) is 7.05 Å². The fourth-order valence-corrected chi connectivity index (χ4v) is 1.94. The lowest BCUT2D eigenvalue weighted by molar-refractivity contribution is 0.569. The highest BCUT2D eigenvalue weighted by Crippen LogP contribution is 2.32. The van der Waals surface area contributed by atoms with Gasteiger partial charge in [0.15, 0.2) is 0 Å². The van der Waals surface area contributed by atoms with E-state index in [1.807, 2.05) is 7.05 Å². The smallest absolute Gasteiger partial charge is 0.129 e. The molecule has 3 heteroatoms. The molecule has 0 bridgehead atoms. The molecule has 1 unspecified atom stereocenters. The zero-order valence-corrected chi connectivity index (χ0v) is 7.40. The molecule has 1 aliphatic carbocycles. The molecular weight excluding hydrogens is 172 g/mol. The maximum Gasteiger partial charge on any atom is 0.129 e. The molecule has 0 saturated carbocycles. The Hall–Kier alpha value is -0.960. The Balaban J connectivity index is 2.51. The summed E-state index contributed by atoms with van der Waals surface area (Å²) in [5.41, 5.74) is 1.45. The van der Waals surface area contributed by atoms with Gasteiger partial charge in [-0.05, 0) is 37.1 Å². The van der Waals surface area contributed by atoms with E-state index < -0.39 is 11.6 Å². The number of hydrogen-bond donors (Lipinski definition) is 1. The summed E-state index contributed by atoms with van der Waals surface area (Å²) in [6.07, 6.45) is 1.55. The van der Waals surface area contributed by atoms with Gasteiger partial charge in [0.05, 0.1) is 0 Å². The molecule has 0 fully saturated rings. The van der Waals surface area contributed by atoms with Gasteiger partial charge in [-0.15, -0.1) is 0 Å². The van der Waals surface area contributed by atoms with Crippen LogP contribution in [0.15, 0.2) is 12.1 Å². The second-order valence-corrected chi connectivity index (χ2v) is 3.34. The highest BCUT2D eigenvalue weighted by Gasteiger charge is 2.24. The number of hydrogen-bond acceptors (Lipinski definition) is 1. The van der Waals surface area contributed by atoms with Gasteiger partial charge in [0.2, 0.25) is 0 Å². The van der Waals surface area contributed by atoms with E-state index in [1.54, 1.807) is 0 Å². The molecule has 0 amide bonds. The molecule has 1 aromatic rings. The van der Waals surface area contributed by atoms with Crippen LogP contribution in [-0.2, 0) is 6.42 Å². The zero-order valence-electron chi connectivity index (χ0n) is 7.40. The Morgan fingerprint density at radius 3 is 2.85 bits per heavy atom. The van der Waals surface area contributed by atoms with Gasteiger partial charge in [-0.2, -0.15) is 0 Å². The predicted octanol–water partition coefficient (Wildman–Crippen LogP) is 2.17. The van der Waals surface area contributed by atoms with E-state index in [0.717, 1.165) is 18.1 Å². The summed E-state index contributed by atoms with van der Waals surface area (Å²) >= 11 is 0. The summed E-state index contributed by atoms with van der Waals surface area (Å²) in [5, 5.41) is 3.04. The zero-order chi connectivity index (χ0) is 9.42. The Morgan fingerprint density at radius 1 is 1.38 bits per heavy atom. The van der Waals surface area contributed by atoms with Crippen LogP contribution in [0.4, 0.5) is 8.78 Å². The number of halogens is 2. The fourth-order valence-electron chi connectivity index (χ4n) is 1.94. The molecule has 0 spiro atoms. The molecule has 0 radical (unpaired) electrons. The lowest BCUT2D eigenvalue weighted by Crippen LogP contribution is -2.13. The average Bonchev–Trinajstić information content (AvgIpc) is 2.47. The van der Waals surface area contributed by atoms with Gasteiger partial charge in [0.25, 0.3) is 0 Å². The van der Waals surface area contributed by atoms with Gasteiger partial charge in [-0.25, -0.2) is 8.78 Å². The van der Waals surface area contributed by atoms with E-state index in [2.05, 4.69) is 5.32 Å². The molecule has 1 aromatic carbocycles. The van der Waals surface area contributed by atoms with Crippen molar-refractivity contribution < 1.29 is 8.78 Å². The van der Waals surface area contributed by atoms with Crippen LogP contribution in [0.1, 0.15) is 23.6 Å². The first kappa shape index (κ1) is 8.63. The Morgan fingerprint density at radius 2 is 2.15 bits per heavy atom. The van der Waals surface area contributed by atoms with Gasteiger partial charge in [-0.3, -0.25) is 0 Å². The topological polar surface area (TPSA) is 12.0 Å². The summed E-state index contributed by atoms with van der Waals surface area (Å²) in [6.45, 7) is 0. The highest BCUT2D eigenvalue weighted by atomic mass is 19.1. The lowest BCUT2D eigenvalue weighted by Gasteiger charge is -2.09. The van der Waals surface area contributed by atoms with E-state index in [1.165, 1.54) is 6.07 Å². The van der Waals surface area contributed by atoms with Crippen LogP contribution in [0, 0.1) is 11.6 Å². The van der Waals surface area contributed by atoms with Gasteiger partial charge in [0, 0.05) is 12.1 Å². The Bertz CT molecular complexity index is 336. The highest BCUT2D eigenvalue weighted by molar-refractivity contribution is 5.36. The summed E-state index contributed by atoms with van der Waals surface area (Å²) in [5.74, 6) is -0.897. The summed E-state index contributed by atoms with van der Waals surface area (Å²) in [4.78, 5) is 0. The Kier molecular flexibility index (Phi) is 2.04. The quantitative estimate of drug-likeness (QED) is 0.703. The molecule has 70 valence electrons. The van der Waals surface area contributed by atoms with Crippen LogP contribution >= 0.6 is 0 Å². The van der Waals surface area contributed by atoms with Crippen molar-refractivity contribution in [2.45, 2.75) is 18.9 Å². The second kappa shape index (κ2) is 3.07. The minimum Gasteiger partial charge on any atom is -0.313 e. The van der Waals surface area contributed by atoms with Crippen molar-refractivity contribution in [3.05, 3.63) is 34.9 Å². The van der Waals surface area contributed by atoms with Crippen LogP contribution in [0.2, 0.25) is 0 Å². The van der Waals surface area contributed by atoms with Crippen molar-refractivity contribution in [3.63, 3.8) is 0 Å². The number of fused-ring (bicyclic) bond motifs is 1. The average molecular weight is 183 g/mol. The second-order valence-electron chi connectivity index (χ2n) is 3.34. The largest absolute Gasteiger partial charge is 0.313 e. The molecule has 2 rings (SSSR count). The normalized spacial score (nSPS) is 20.4. The third-order valence-corrected chi connectivity index (χ3v) is 2.60. The van der Waals surface area contributed by atoms with Gasteiger partial charge in [-0.1, -0.05) is 0 Å². The van der Waals surface area contributed by atoms with E-state index in [9.17, 15) is 8.78 Å². The molecule has 1 atom stereocenters. The van der Waals surface area contributed by atoms with Crippen LogP contribution < -0.4 is 5.32 Å². The minimum atomic E-state index is -0.488. The first-order chi connectivity index (χ1) is 6.22. The van der Waals surface area contributed by atoms with Gasteiger partial charge >= 0.3 is 0 Å². The molecule has 0 saturated heterocycles. The molecule has 1 N–H and O–H groups in total. The van der Waals surface area contributed by atoms with Crippen molar-refractivity contribution >= 4 is 0 Å². The van der Waals surface area contributed by atoms with Gasteiger partial charge in [0.1, 0.15) is 11.6 Å². The molecule has 0 heterocycles. The fraction of sp³-hybridized carbons (Fsp3) is 0.400. The summed E-state index contributed by atoms with van der Waals surface area (Å²) < 4.78 is 26.1. The number of nitrogens with one attached hydrogen (secondary N) is 1. The van der Waals surface area contributed by atoms with Gasteiger partial charge < -0.3 is 5.32 Å². The Labute approximate surface area is 75.8 Å². The number of rotatable bonds is 1. The standard InChI is InChI=1S/C10H11F2N/c1-13-10-3-2-7-8(10)4-6(11)5-9(7)12/h4-5,10,13H,2-3H2,1H3. The molecule has 0 aliphatic heterocycles. The third kappa shape index (κ3) is 1.33. The molecule has 0 aromatic heterocycles. The monoisotopic (exact) mass is 183 g/mol. The molecule has 13 heavy (non-hydrogen) atoms. The van der Waals surface area contributed by atoms with E-state index in [0.29, 0.717) is 12.0 Å². The molecule has 1 aliphatic rings. The van der Waals surface area contributed by atoms with Crippen molar-refractivity contribution in [2.24, 2.45) is 0 Å². The molecular formula is C10H11F2N. The number of benzene rings is 1. The van der Waals surface area contributed by atoms with Crippen LogP contribution in [0.3, 0.4) is 0 Å². The maximum atomic E-state index is 13.2. The minimum absolute atomic E-state index is 0.111. The third-order valence-electron chi connectivity index (χ3n) is 2.60. The van der Waals surface area contributed by atoms with Crippen molar-refractivity contribution in [2.75, 3.05) is 7.05 Å². The first-order valence-corrected chi connectivity index (χ1v) is 4.37. The summed E-state index contributed by atoms with van der Waals surface area (Å²) in [7, 11) is 1.81. The van der Waals surface area contributed by atoms with Crippen LogP contribution in [0.5, 0.6) is 0 Å². The predicted molar refractivity (Wildman–Crippen MR) is 46.5 cm³/mol. The lowest BCUT2D eigenvalue weighted by atomic mass is 10.1. The van der Waals surface area contributed by atoms with E-state index >= 15 is 0 Å². The molecule has 1 nitrogen and oxygen atoms in total. The van der Waals surface area contributed by atoms with Crippen molar-refractivity contribution in [1.29, 1.82) is 0 Å². The summed E-state index contributed by atoms with van der Waals surface area (Å²) in [6, 6.07) is 2.49. The maximum absolute atomic E-state index is 13.2.